The van der Waals surface area contributed by atoms with Crippen LogP contribution in [0.4, 0.5) is 0 Å². The van der Waals surface area contributed by atoms with E-state index < -0.39 is 0 Å². The van der Waals surface area contributed by atoms with Crippen molar-refractivity contribution >= 4 is 28.6 Å². The number of carbonyl (C=O) groups is 1. The molecule has 3 nitrogen and oxygen atoms in total. The molecule has 5 heteroatoms. The van der Waals surface area contributed by atoms with E-state index in [0.717, 1.165) is 10.8 Å². The normalized spacial score (nSPS) is 34.7. The van der Waals surface area contributed by atoms with Crippen LogP contribution in [0.2, 0.25) is 0 Å². The minimum absolute atomic E-state index is 0.130. The summed E-state index contributed by atoms with van der Waals surface area (Å²) < 4.78 is 0. The summed E-state index contributed by atoms with van der Waals surface area (Å²) in [6, 6.07) is 8.62. The molecule has 2 aromatic rings. The Morgan fingerprint density at radius 2 is 1.91 bits per heavy atom. The Kier molecular flexibility index (Phi) is 3.35. The summed E-state index contributed by atoms with van der Waals surface area (Å²) in [6.07, 6.45) is 2.62. The number of carbonyl (C=O) groups excluding carboxylic acids is 1. The molecule has 4 fully saturated rings. The molecule has 1 N–H and O–H groups in total. The summed E-state index contributed by atoms with van der Waals surface area (Å²) in [5.41, 5.74) is 0. The molecule has 4 aliphatic rings. The van der Waals surface area contributed by atoms with Crippen LogP contribution in [0, 0.1) is 17.8 Å². The summed E-state index contributed by atoms with van der Waals surface area (Å²) in [7, 11) is 0. The first-order chi connectivity index (χ1) is 11.3. The average Bonchev–Trinajstić information content (AvgIpc) is 3.20. The molecule has 3 saturated heterocycles. The highest BCUT2D eigenvalue weighted by molar-refractivity contribution is 7.22. The van der Waals surface area contributed by atoms with E-state index in [1.807, 2.05) is 6.07 Å². The zero-order valence-electron chi connectivity index (χ0n) is 12.9. The van der Waals surface area contributed by atoms with Crippen LogP contribution in [0.1, 0.15) is 22.5 Å². The van der Waals surface area contributed by atoms with Crippen molar-refractivity contribution in [3.63, 3.8) is 0 Å². The van der Waals surface area contributed by atoms with Crippen LogP contribution < -0.4 is 5.32 Å². The van der Waals surface area contributed by atoms with E-state index in [1.165, 1.54) is 42.2 Å². The van der Waals surface area contributed by atoms with Gasteiger partial charge in [0, 0.05) is 35.4 Å². The van der Waals surface area contributed by atoms with Gasteiger partial charge in [-0.1, -0.05) is 6.07 Å². The SMILES string of the molecule is O=C(NC1C2CC3CC1CN(C3)C2)c1ccc(-c2cccs2)s1. The molecule has 120 valence electrons. The fourth-order valence-electron chi connectivity index (χ4n) is 4.88. The largest absolute Gasteiger partial charge is 0.348 e. The third-order valence-corrected chi connectivity index (χ3v) is 7.83. The number of piperidine rings is 3. The Labute approximate surface area is 144 Å². The van der Waals surface area contributed by atoms with E-state index in [9.17, 15) is 4.79 Å². The van der Waals surface area contributed by atoms with Gasteiger partial charge < -0.3 is 10.2 Å². The smallest absolute Gasteiger partial charge is 0.261 e. The lowest BCUT2D eigenvalue weighted by Gasteiger charge is -2.55. The topological polar surface area (TPSA) is 32.3 Å². The molecule has 2 unspecified atom stereocenters. The standard InChI is InChI=1S/C18H20N2OS2/c21-18(16-4-3-15(23-16)14-2-1-5-22-14)19-17-12-6-11-7-13(17)10-20(8-11)9-12/h1-5,11-13,17H,6-10H2,(H,19,21). The second-order valence-corrected chi connectivity index (χ2v) is 9.25. The minimum atomic E-state index is 0.130. The van der Waals surface area contributed by atoms with E-state index in [2.05, 4.69) is 33.8 Å². The van der Waals surface area contributed by atoms with Gasteiger partial charge >= 0.3 is 0 Å². The predicted molar refractivity (Wildman–Crippen MR) is 95.0 cm³/mol. The highest BCUT2D eigenvalue weighted by Crippen LogP contribution is 2.43. The zero-order valence-corrected chi connectivity index (χ0v) is 14.5. The number of hydrogen-bond donors (Lipinski definition) is 1. The summed E-state index contributed by atoms with van der Waals surface area (Å²) in [5.74, 6) is 2.35. The number of rotatable bonds is 3. The quantitative estimate of drug-likeness (QED) is 0.923. The first-order valence-corrected chi connectivity index (χ1v) is 10.1. The summed E-state index contributed by atoms with van der Waals surface area (Å²) in [4.78, 5) is 18.6. The highest BCUT2D eigenvalue weighted by atomic mass is 32.1. The molecule has 2 aromatic heterocycles. The summed E-state index contributed by atoms with van der Waals surface area (Å²) in [6.45, 7) is 3.66. The maximum Gasteiger partial charge on any atom is 0.261 e. The molecule has 1 aliphatic carbocycles. The van der Waals surface area contributed by atoms with Gasteiger partial charge in [0.05, 0.1) is 4.88 Å². The van der Waals surface area contributed by atoms with Crippen molar-refractivity contribution in [2.45, 2.75) is 18.9 Å². The fourth-order valence-corrected chi connectivity index (χ4v) is 6.62. The van der Waals surface area contributed by atoms with Crippen molar-refractivity contribution in [3.05, 3.63) is 34.5 Å². The molecule has 5 heterocycles. The third-order valence-electron chi connectivity index (χ3n) is 5.68. The van der Waals surface area contributed by atoms with Gasteiger partial charge in [0.25, 0.3) is 5.91 Å². The maximum absolute atomic E-state index is 12.7. The zero-order chi connectivity index (χ0) is 15.4. The van der Waals surface area contributed by atoms with Crippen molar-refractivity contribution in [3.8, 4) is 9.75 Å². The lowest BCUT2D eigenvalue weighted by molar-refractivity contribution is -0.0418. The van der Waals surface area contributed by atoms with Gasteiger partial charge in [0.1, 0.15) is 0 Å². The first kappa shape index (κ1) is 14.2. The lowest BCUT2D eigenvalue weighted by atomic mass is 9.65. The van der Waals surface area contributed by atoms with Crippen LogP contribution in [-0.4, -0.2) is 36.5 Å². The predicted octanol–water partition coefficient (Wildman–Crippen LogP) is 3.55. The van der Waals surface area contributed by atoms with E-state index in [1.54, 1.807) is 22.7 Å². The van der Waals surface area contributed by atoms with Gasteiger partial charge in [-0.05, 0) is 54.2 Å². The number of nitrogens with one attached hydrogen (secondary N) is 1. The number of thiophene rings is 2. The van der Waals surface area contributed by atoms with Gasteiger partial charge in [-0.15, -0.1) is 22.7 Å². The van der Waals surface area contributed by atoms with Gasteiger partial charge in [0.15, 0.2) is 0 Å². The number of amides is 1. The molecule has 4 bridgehead atoms. The molecule has 6 rings (SSSR count). The molecule has 3 aliphatic heterocycles. The Bertz CT molecular complexity index is 693. The van der Waals surface area contributed by atoms with Gasteiger partial charge in [-0.3, -0.25) is 4.79 Å². The minimum Gasteiger partial charge on any atom is -0.348 e. The van der Waals surface area contributed by atoms with E-state index >= 15 is 0 Å². The van der Waals surface area contributed by atoms with Crippen LogP contribution in [0.5, 0.6) is 0 Å². The number of hydrogen-bond acceptors (Lipinski definition) is 4. The Morgan fingerprint density at radius 3 is 2.61 bits per heavy atom. The fraction of sp³-hybridized carbons (Fsp3) is 0.500. The molecule has 23 heavy (non-hydrogen) atoms. The highest BCUT2D eigenvalue weighted by Gasteiger charge is 2.47. The van der Waals surface area contributed by atoms with Crippen LogP contribution in [0.25, 0.3) is 9.75 Å². The van der Waals surface area contributed by atoms with E-state index in [4.69, 9.17) is 0 Å². The Balaban J connectivity index is 1.32. The second-order valence-electron chi connectivity index (χ2n) is 7.22. The number of nitrogens with zero attached hydrogens (tertiary/aromatic N) is 1. The average molecular weight is 345 g/mol. The van der Waals surface area contributed by atoms with Crippen LogP contribution in [-0.2, 0) is 0 Å². The molecule has 0 aromatic carbocycles. The molecule has 0 radical (unpaired) electrons. The van der Waals surface area contributed by atoms with Crippen molar-refractivity contribution in [2.75, 3.05) is 19.6 Å². The van der Waals surface area contributed by atoms with Crippen LogP contribution in [0.15, 0.2) is 29.6 Å². The van der Waals surface area contributed by atoms with Gasteiger partial charge in [-0.2, -0.15) is 0 Å². The van der Waals surface area contributed by atoms with Crippen LogP contribution >= 0.6 is 22.7 Å². The monoisotopic (exact) mass is 344 g/mol. The van der Waals surface area contributed by atoms with Crippen molar-refractivity contribution in [1.82, 2.24) is 10.2 Å². The van der Waals surface area contributed by atoms with E-state index in [0.29, 0.717) is 17.9 Å². The lowest BCUT2D eigenvalue weighted by Crippen LogP contribution is -2.64. The second kappa shape index (κ2) is 5.43. The van der Waals surface area contributed by atoms with Crippen molar-refractivity contribution in [1.29, 1.82) is 0 Å². The van der Waals surface area contributed by atoms with Crippen molar-refractivity contribution < 1.29 is 4.79 Å². The molecule has 0 spiro atoms. The Hall–Kier alpha value is -1.17. The van der Waals surface area contributed by atoms with E-state index in [-0.39, 0.29) is 5.91 Å². The first-order valence-electron chi connectivity index (χ1n) is 8.43. The molecule has 1 amide bonds. The molecular weight excluding hydrogens is 324 g/mol. The molecule has 2 atom stereocenters. The molecular formula is C18H20N2OS2. The van der Waals surface area contributed by atoms with Crippen molar-refractivity contribution in [2.24, 2.45) is 17.8 Å². The van der Waals surface area contributed by atoms with Gasteiger partial charge in [0.2, 0.25) is 0 Å². The third kappa shape index (κ3) is 2.46. The summed E-state index contributed by atoms with van der Waals surface area (Å²) >= 11 is 3.34. The Morgan fingerprint density at radius 1 is 1.09 bits per heavy atom. The van der Waals surface area contributed by atoms with Gasteiger partial charge in [-0.25, -0.2) is 0 Å². The summed E-state index contributed by atoms with van der Waals surface area (Å²) in [5, 5.41) is 5.47. The molecule has 1 saturated carbocycles. The van der Waals surface area contributed by atoms with Crippen LogP contribution in [0.3, 0.4) is 0 Å². The maximum atomic E-state index is 12.7.